The molecule has 0 bridgehead atoms. The number of allylic oxidation sites excluding steroid dienone is 1. The summed E-state index contributed by atoms with van der Waals surface area (Å²) in [4.78, 5) is 12.6. The Balaban J connectivity index is 1.84. The summed E-state index contributed by atoms with van der Waals surface area (Å²) >= 11 is 5.90. The summed E-state index contributed by atoms with van der Waals surface area (Å²) in [6.07, 6.45) is 1.62. The minimum absolute atomic E-state index is 0.0784. The number of halogens is 1. The van der Waals surface area contributed by atoms with Crippen LogP contribution in [0.3, 0.4) is 0 Å². The highest BCUT2D eigenvalue weighted by Gasteiger charge is 2.07. The standard InChI is InChI=1S/C22H19ClN2O/c23-19-10-8-18(9-11-19)22(26)14-21(17-4-2-1-3-5-17)25-15-16-6-12-20(24)13-7-16/h1-14,25H,15,24H2/b21-14-. The van der Waals surface area contributed by atoms with E-state index >= 15 is 0 Å². The van der Waals surface area contributed by atoms with E-state index in [1.54, 1.807) is 30.3 Å². The number of hydrogen-bond donors (Lipinski definition) is 2. The van der Waals surface area contributed by atoms with E-state index in [2.05, 4.69) is 5.32 Å². The molecule has 26 heavy (non-hydrogen) atoms. The normalized spacial score (nSPS) is 11.2. The van der Waals surface area contributed by atoms with E-state index in [-0.39, 0.29) is 5.78 Å². The number of ketones is 1. The zero-order valence-corrected chi connectivity index (χ0v) is 14.9. The molecule has 0 amide bonds. The number of hydrogen-bond acceptors (Lipinski definition) is 3. The molecule has 0 aliphatic heterocycles. The van der Waals surface area contributed by atoms with Gasteiger partial charge in [0.05, 0.1) is 0 Å². The van der Waals surface area contributed by atoms with Crippen molar-refractivity contribution in [1.29, 1.82) is 0 Å². The minimum Gasteiger partial charge on any atom is -0.399 e. The average Bonchev–Trinajstić information content (AvgIpc) is 2.67. The molecule has 3 N–H and O–H groups in total. The number of rotatable bonds is 6. The van der Waals surface area contributed by atoms with Crippen molar-refractivity contribution in [1.82, 2.24) is 5.32 Å². The Morgan fingerprint density at radius 3 is 2.19 bits per heavy atom. The maximum atomic E-state index is 12.6. The van der Waals surface area contributed by atoms with Crippen molar-refractivity contribution >= 4 is 28.8 Å². The highest BCUT2D eigenvalue weighted by molar-refractivity contribution is 6.30. The maximum absolute atomic E-state index is 12.6. The van der Waals surface area contributed by atoms with Gasteiger partial charge in [0, 0.05) is 34.6 Å². The van der Waals surface area contributed by atoms with Crippen LogP contribution in [0.15, 0.2) is 84.9 Å². The first-order valence-electron chi connectivity index (χ1n) is 8.27. The van der Waals surface area contributed by atoms with E-state index in [9.17, 15) is 4.79 Å². The van der Waals surface area contributed by atoms with Crippen LogP contribution in [0.4, 0.5) is 5.69 Å². The third-order valence-corrected chi connectivity index (χ3v) is 4.20. The highest BCUT2D eigenvalue weighted by atomic mass is 35.5. The topological polar surface area (TPSA) is 55.1 Å². The van der Waals surface area contributed by atoms with Gasteiger partial charge in [0.2, 0.25) is 0 Å². The van der Waals surface area contributed by atoms with Crippen molar-refractivity contribution in [3.05, 3.63) is 107 Å². The van der Waals surface area contributed by atoms with E-state index in [1.807, 2.05) is 54.6 Å². The van der Waals surface area contributed by atoms with Crippen LogP contribution < -0.4 is 11.1 Å². The molecule has 0 saturated heterocycles. The molecule has 0 atom stereocenters. The molecular weight excluding hydrogens is 344 g/mol. The molecule has 0 heterocycles. The minimum atomic E-state index is -0.0784. The lowest BCUT2D eigenvalue weighted by Crippen LogP contribution is -2.13. The van der Waals surface area contributed by atoms with Crippen molar-refractivity contribution in [2.24, 2.45) is 0 Å². The molecule has 3 aromatic rings. The Morgan fingerprint density at radius 2 is 1.54 bits per heavy atom. The van der Waals surface area contributed by atoms with Gasteiger partial charge in [-0.2, -0.15) is 0 Å². The molecule has 0 saturated carbocycles. The van der Waals surface area contributed by atoms with Crippen LogP contribution in [0.1, 0.15) is 21.5 Å². The lowest BCUT2D eigenvalue weighted by molar-refractivity contribution is 0.104. The van der Waals surface area contributed by atoms with Gasteiger partial charge in [-0.15, -0.1) is 0 Å². The number of nitrogens with two attached hydrogens (primary N) is 1. The van der Waals surface area contributed by atoms with Crippen LogP contribution in [0.5, 0.6) is 0 Å². The first-order valence-corrected chi connectivity index (χ1v) is 8.65. The first-order chi connectivity index (χ1) is 12.6. The lowest BCUT2D eigenvalue weighted by Gasteiger charge is -2.12. The molecular formula is C22H19ClN2O. The fourth-order valence-corrected chi connectivity index (χ4v) is 2.64. The third-order valence-electron chi connectivity index (χ3n) is 3.95. The van der Waals surface area contributed by atoms with Crippen LogP contribution in [-0.4, -0.2) is 5.78 Å². The molecule has 3 nitrogen and oxygen atoms in total. The summed E-state index contributed by atoms with van der Waals surface area (Å²) in [5.41, 5.74) is 9.85. The van der Waals surface area contributed by atoms with Gasteiger partial charge in [-0.25, -0.2) is 0 Å². The molecule has 4 heteroatoms. The number of benzene rings is 3. The number of nitrogens with one attached hydrogen (secondary N) is 1. The van der Waals surface area contributed by atoms with Gasteiger partial charge in [0.15, 0.2) is 5.78 Å². The van der Waals surface area contributed by atoms with Crippen LogP contribution in [0.25, 0.3) is 5.70 Å². The fraction of sp³-hybridized carbons (Fsp3) is 0.0455. The predicted molar refractivity (Wildman–Crippen MR) is 108 cm³/mol. The Bertz CT molecular complexity index is 901. The van der Waals surface area contributed by atoms with Gasteiger partial charge in [-0.3, -0.25) is 4.79 Å². The number of carbonyl (C=O) groups is 1. The zero-order chi connectivity index (χ0) is 18.4. The number of carbonyl (C=O) groups excluding carboxylic acids is 1. The molecule has 0 spiro atoms. The first kappa shape index (κ1) is 17.8. The SMILES string of the molecule is Nc1ccc(CN/C(=C\C(=O)c2ccc(Cl)cc2)c2ccccc2)cc1. The van der Waals surface area contributed by atoms with Gasteiger partial charge in [-0.05, 0) is 47.5 Å². The van der Waals surface area contributed by atoms with Crippen molar-refractivity contribution < 1.29 is 4.79 Å². The van der Waals surface area contributed by atoms with E-state index in [4.69, 9.17) is 17.3 Å². The highest BCUT2D eigenvalue weighted by Crippen LogP contribution is 2.16. The molecule has 3 aromatic carbocycles. The number of anilines is 1. The summed E-state index contributed by atoms with van der Waals surface area (Å²) in [6, 6.07) is 24.3. The van der Waals surface area contributed by atoms with Crippen LogP contribution in [0.2, 0.25) is 5.02 Å². The van der Waals surface area contributed by atoms with Crippen molar-refractivity contribution in [2.75, 3.05) is 5.73 Å². The molecule has 0 aliphatic rings. The molecule has 0 radical (unpaired) electrons. The molecule has 0 unspecified atom stereocenters. The summed E-state index contributed by atoms with van der Waals surface area (Å²) in [5.74, 6) is -0.0784. The largest absolute Gasteiger partial charge is 0.399 e. The summed E-state index contributed by atoms with van der Waals surface area (Å²) in [6.45, 7) is 0.592. The Hall–Kier alpha value is -3.04. The van der Waals surface area contributed by atoms with Crippen LogP contribution in [0, 0.1) is 0 Å². The second kappa shape index (κ2) is 8.37. The summed E-state index contributed by atoms with van der Waals surface area (Å²) in [5, 5.41) is 3.96. The number of nitrogen functional groups attached to an aromatic ring is 1. The average molecular weight is 363 g/mol. The second-order valence-corrected chi connectivity index (χ2v) is 6.33. The van der Waals surface area contributed by atoms with E-state index in [1.165, 1.54) is 0 Å². The van der Waals surface area contributed by atoms with Gasteiger partial charge >= 0.3 is 0 Å². The van der Waals surface area contributed by atoms with Gasteiger partial charge in [0.25, 0.3) is 0 Å². The molecule has 130 valence electrons. The molecule has 3 rings (SSSR count). The van der Waals surface area contributed by atoms with Gasteiger partial charge in [-0.1, -0.05) is 54.1 Å². The zero-order valence-electron chi connectivity index (χ0n) is 14.2. The van der Waals surface area contributed by atoms with Crippen molar-refractivity contribution in [3.63, 3.8) is 0 Å². The third kappa shape index (κ3) is 4.74. The molecule has 0 aliphatic carbocycles. The Kier molecular flexibility index (Phi) is 5.72. The smallest absolute Gasteiger partial charge is 0.187 e. The second-order valence-electron chi connectivity index (χ2n) is 5.89. The summed E-state index contributed by atoms with van der Waals surface area (Å²) in [7, 11) is 0. The fourth-order valence-electron chi connectivity index (χ4n) is 2.52. The Labute approximate surface area is 158 Å². The predicted octanol–water partition coefficient (Wildman–Crippen LogP) is 4.94. The van der Waals surface area contributed by atoms with E-state index in [0.717, 1.165) is 22.5 Å². The van der Waals surface area contributed by atoms with E-state index < -0.39 is 0 Å². The lowest BCUT2D eigenvalue weighted by atomic mass is 10.1. The van der Waals surface area contributed by atoms with Crippen LogP contribution in [-0.2, 0) is 6.54 Å². The Morgan fingerprint density at radius 1 is 0.885 bits per heavy atom. The van der Waals surface area contributed by atoms with E-state index in [0.29, 0.717) is 17.1 Å². The molecule has 0 aromatic heterocycles. The summed E-state index contributed by atoms with van der Waals surface area (Å²) < 4.78 is 0. The van der Waals surface area contributed by atoms with Gasteiger partial charge < -0.3 is 11.1 Å². The van der Waals surface area contributed by atoms with Crippen molar-refractivity contribution in [3.8, 4) is 0 Å². The van der Waals surface area contributed by atoms with Gasteiger partial charge in [0.1, 0.15) is 0 Å². The van der Waals surface area contributed by atoms with Crippen LogP contribution >= 0.6 is 11.6 Å². The monoisotopic (exact) mass is 362 g/mol. The quantitative estimate of drug-likeness (QED) is 0.371. The maximum Gasteiger partial charge on any atom is 0.187 e. The molecule has 0 fully saturated rings. The van der Waals surface area contributed by atoms with Crippen molar-refractivity contribution in [2.45, 2.75) is 6.54 Å².